The standard InChI is InChI=1S/C14H16FN3O/c15-12-7-3-4-8-13(12)17-14(19)18(10-9-16)11-5-1-2-6-11/h3-4,7-8,11H,1-2,5-6,10H2,(H,17,19). The zero-order valence-corrected chi connectivity index (χ0v) is 10.6. The second-order valence-electron chi connectivity index (χ2n) is 4.63. The van der Waals surface area contributed by atoms with E-state index < -0.39 is 11.8 Å². The lowest BCUT2D eigenvalue weighted by molar-refractivity contribution is 0.197. The Labute approximate surface area is 111 Å². The summed E-state index contributed by atoms with van der Waals surface area (Å²) in [6, 6.07) is 7.70. The molecular weight excluding hydrogens is 245 g/mol. The Morgan fingerprint density at radius 2 is 2.11 bits per heavy atom. The number of nitriles is 1. The van der Waals surface area contributed by atoms with Crippen LogP contribution >= 0.6 is 0 Å². The van der Waals surface area contributed by atoms with Crippen molar-refractivity contribution in [3.05, 3.63) is 30.1 Å². The molecule has 1 saturated carbocycles. The number of carbonyl (C=O) groups is 1. The van der Waals surface area contributed by atoms with E-state index in [0.29, 0.717) is 0 Å². The molecule has 0 aromatic heterocycles. The van der Waals surface area contributed by atoms with E-state index in [4.69, 9.17) is 5.26 Å². The average molecular weight is 261 g/mol. The van der Waals surface area contributed by atoms with Gasteiger partial charge in [0.25, 0.3) is 0 Å². The third kappa shape index (κ3) is 3.22. The van der Waals surface area contributed by atoms with E-state index in [1.165, 1.54) is 17.0 Å². The summed E-state index contributed by atoms with van der Waals surface area (Å²) in [5, 5.41) is 11.4. The summed E-state index contributed by atoms with van der Waals surface area (Å²) in [6.07, 6.45) is 3.96. The summed E-state index contributed by atoms with van der Waals surface area (Å²) in [7, 11) is 0. The topological polar surface area (TPSA) is 56.1 Å². The van der Waals surface area contributed by atoms with Gasteiger partial charge in [0.15, 0.2) is 0 Å². The zero-order valence-electron chi connectivity index (χ0n) is 10.6. The molecule has 1 aliphatic carbocycles. The van der Waals surface area contributed by atoms with Crippen LogP contribution in [-0.4, -0.2) is 23.5 Å². The Hall–Kier alpha value is -2.09. The van der Waals surface area contributed by atoms with Crippen molar-refractivity contribution in [2.75, 3.05) is 11.9 Å². The van der Waals surface area contributed by atoms with Gasteiger partial charge in [-0.15, -0.1) is 0 Å². The molecule has 0 unspecified atom stereocenters. The Morgan fingerprint density at radius 1 is 1.42 bits per heavy atom. The lowest BCUT2D eigenvalue weighted by Crippen LogP contribution is -2.42. The van der Waals surface area contributed by atoms with Crippen molar-refractivity contribution in [3.63, 3.8) is 0 Å². The number of nitrogens with one attached hydrogen (secondary N) is 1. The smallest absolute Gasteiger partial charge is 0.308 e. The first-order valence-corrected chi connectivity index (χ1v) is 6.41. The van der Waals surface area contributed by atoms with Crippen LogP contribution in [0.2, 0.25) is 0 Å². The third-order valence-corrected chi connectivity index (χ3v) is 3.38. The van der Waals surface area contributed by atoms with Gasteiger partial charge >= 0.3 is 6.03 Å². The number of hydrogen-bond acceptors (Lipinski definition) is 2. The van der Waals surface area contributed by atoms with E-state index in [1.807, 2.05) is 6.07 Å². The lowest BCUT2D eigenvalue weighted by Gasteiger charge is -2.26. The molecule has 100 valence electrons. The second-order valence-corrected chi connectivity index (χ2v) is 4.63. The van der Waals surface area contributed by atoms with E-state index in [2.05, 4.69) is 5.32 Å². The fourth-order valence-corrected chi connectivity index (χ4v) is 2.41. The van der Waals surface area contributed by atoms with Gasteiger partial charge in [-0.25, -0.2) is 9.18 Å². The Kier molecular flexibility index (Phi) is 4.35. The van der Waals surface area contributed by atoms with Crippen LogP contribution in [0.15, 0.2) is 24.3 Å². The first-order valence-electron chi connectivity index (χ1n) is 6.41. The summed E-state index contributed by atoms with van der Waals surface area (Å²) < 4.78 is 13.5. The Balaban J connectivity index is 2.07. The maximum atomic E-state index is 13.5. The molecular formula is C14H16FN3O. The molecule has 1 aromatic carbocycles. The van der Waals surface area contributed by atoms with Crippen molar-refractivity contribution in [1.29, 1.82) is 5.26 Å². The minimum atomic E-state index is -0.473. The van der Waals surface area contributed by atoms with Crippen molar-refractivity contribution < 1.29 is 9.18 Å². The van der Waals surface area contributed by atoms with Gasteiger partial charge in [0.05, 0.1) is 11.8 Å². The van der Waals surface area contributed by atoms with Crippen LogP contribution in [0, 0.1) is 17.1 Å². The highest BCUT2D eigenvalue weighted by Crippen LogP contribution is 2.24. The summed E-state index contributed by atoms with van der Waals surface area (Å²) in [5.74, 6) is -0.473. The second kappa shape index (κ2) is 6.19. The maximum Gasteiger partial charge on any atom is 0.323 e. The molecule has 5 heteroatoms. The van der Waals surface area contributed by atoms with E-state index in [1.54, 1.807) is 12.1 Å². The molecule has 0 aliphatic heterocycles. The highest BCUT2D eigenvalue weighted by atomic mass is 19.1. The number of halogens is 1. The van der Waals surface area contributed by atoms with Crippen LogP contribution < -0.4 is 5.32 Å². The van der Waals surface area contributed by atoms with Crippen LogP contribution in [0.4, 0.5) is 14.9 Å². The molecule has 2 amide bonds. The highest BCUT2D eigenvalue weighted by Gasteiger charge is 2.26. The predicted octanol–water partition coefficient (Wildman–Crippen LogP) is 3.13. The molecule has 0 spiro atoms. The number of benzene rings is 1. The van der Waals surface area contributed by atoms with Gasteiger partial charge in [-0.05, 0) is 25.0 Å². The predicted molar refractivity (Wildman–Crippen MR) is 70.0 cm³/mol. The fourth-order valence-electron chi connectivity index (χ4n) is 2.41. The number of nitrogens with zero attached hydrogens (tertiary/aromatic N) is 2. The van der Waals surface area contributed by atoms with E-state index in [-0.39, 0.29) is 18.3 Å². The van der Waals surface area contributed by atoms with Crippen molar-refractivity contribution >= 4 is 11.7 Å². The van der Waals surface area contributed by atoms with Crippen molar-refractivity contribution in [2.24, 2.45) is 0 Å². The summed E-state index contributed by atoms with van der Waals surface area (Å²) >= 11 is 0. The Morgan fingerprint density at radius 3 is 2.74 bits per heavy atom. The number of urea groups is 1. The van der Waals surface area contributed by atoms with Gasteiger partial charge in [0, 0.05) is 6.04 Å². The minimum absolute atomic E-state index is 0.0327. The molecule has 19 heavy (non-hydrogen) atoms. The molecule has 1 aliphatic rings. The van der Waals surface area contributed by atoms with Gasteiger partial charge in [-0.1, -0.05) is 25.0 Å². The molecule has 1 aromatic rings. The number of hydrogen-bond donors (Lipinski definition) is 1. The molecule has 0 saturated heterocycles. The van der Waals surface area contributed by atoms with Crippen molar-refractivity contribution in [3.8, 4) is 6.07 Å². The number of anilines is 1. The molecule has 1 fully saturated rings. The number of para-hydroxylation sites is 1. The van der Waals surface area contributed by atoms with Crippen molar-refractivity contribution in [2.45, 2.75) is 31.7 Å². The molecule has 0 bridgehead atoms. The van der Waals surface area contributed by atoms with Gasteiger partial charge in [0.2, 0.25) is 0 Å². The quantitative estimate of drug-likeness (QED) is 0.850. The van der Waals surface area contributed by atoms with E-state index >= 15 is 0 Å². The van der Waals surface area contributed by atoms with E-state index in [9.17, 15) is 9.18 Å². The number of amides is 2. The molecule has 0 radical (unpaired) electrons. The average Bonchev–Trinajstić information content (AvgIpc) is 2.92. The van der Waals surface area contributed by atoms with Crippen LogP contribution in [0.1, 0.15) is 25.7 Å². The van der Waals surface area contributed by atoms with Gasteiger partial charge in [-0.2, -0.15) is 5.26 Å². The number of rotatable bonds is 3. The summed E-state index contributed by atoms with van der Waals surface area (Å²) in [6.45, 7) is 0.0327. The molecule has 1 N–H and O–H groups in total. The number of carbonyl (C=O) groups excluding carboxylic acids is 1. The largest absolute Gasteiger partial charge is 0.323 e. The summed E-state index contributed by atoms with van der Waals surface area (Å²) in [5.41, 5.74) is 0.147. The first kappa shape index (κ1) is 13.3. The van der Waals surface area contributed by atoms with Crippen LogP contribution in [0.5, 0.6) is 0 Å². The van der Waals surface area contributed by atoms with Gasteiger partial charge in [0.1, 0.15) is 12.4 Å². The SMILES string of the molecule is N#CCN(C(=O)Nc1ccccc1F)C1CCCC1. The maximum absolute atomic E-state index is 13.5. The van der Waals surface area contributed by atoms with E-state index in [0.717, 1.165) is 25.7 Å². The molecule has 0 atom stereocenters. The lowest BCUT2D eigenvalue weighted by atomic mass is 10.2. The minimum Gasteiger partial charge on any atom is -0.308 e. The van der Waals surface area contributed by atoms with Gasteiger partial charge in [-0.3, -0.25) is 0 Å². The summed E-state index contributed by atoms with van der Waals surface area (Å²) in [4.78, 5) is 13.6. The van der Waals surface area contributed by atoms with Crippen LogP contribution in [0.3, 0.4) is 0 Å². The first-order chi connectivity index (χ1) is 9.22. The van der Waals surface area contributed by atoms with Gasteiger partial charge < -0.3 is 10.2 Å². The third-order valence-electron chi connectivity index (χ3n) is 3.38. The van der Waals surface area contributed by atoms with Crippen molar-refractivity contribution in [1.82, 2.24) is 4.90 Å². The molecule has 2 rings (SSSR count). The Bertz CT molecular complexity index is 492. The highest BCUT2D eigenvalue weighted by molar-refractivity contribution is 5.89. The molecule has 4 nitrogen and oxygen atoms in total. The molecule has 0 heterocycles. The zero-order chi connectivity index (χ0) is 13.7. The normalized spacial score (nSPS) is 14.9. The van der Waals surface area contributed by atoms with Crippen LogP contribution in [0.25, 0.3) is 0 Å². The monoisotopic (exact) mass is 261 g/mol. The fraction of sp³-hybridized carbons (Fsp3) is 0.429. The van der Waals surface area contributed by atoms with Crippen LogP contribution in [-0.2, 0) is 0 Å².